The van der Waals surface area contributed by atoms with Crippen molar-refractivity contribution in [3.8, 4) is 0 Å². The van der Waals surface area contributed by atoms with Crippen LogP contribution in [0.25, 0.3) is 0 Å². The van der Waals surface area contributed by atoms with Gasteiger partial charge < -0.3 is 10.1 Å². The van der Waals surface area contributed by atoms with Crippen LogP contribution in [0.15, 0.2) is 54.6 Å². The topological polar surface area (TPSA) is 41.6 Å². The molecule has 1 heterocycles. The molecular formula is C22H28N2O2S. The smallest absolute Gasteiger partial charge is 0.233 e. The fourth-order valence-electron chi connectivity index (χ4n) is 3.06. The van der Waals surface area contributed by atoms with Gasteiger partial charge in [0.05, 0.1) is 18.5 Å². The zero-order valence-electron chi connectivity index (χ0n) is 15.9. The van der Waals surface area contributed by atoms with Gasteiger partial charge in [-0.25, -0.2) is 0 Å². The first kappa shape index (κ1) is 19.9. The van der Waals surface area contributed by atoms with Gasteiger partial charge in [0.1, 0.15) is 0 Å². The molecule has 1 atom stereocenters. The third-order valence-corrected chi connectivity index (χ3v) is 5.89. The molecule has 0 aromatic heterocycles. The van der Waals surface area contributed by atoms with E-state index in [-0.39, 0.29) is 11.2 Å². The zero-order chi connectivity index (χ0) is 18.9. The summed E-state index contributed by atoms with van der Waals surface area (Å²) < 4.78 is 5.41. The first-order valence-corrected chi connectivity index (χ1v) is 10.6. The summed E-state index contributed by atoms with van der Waals surface area (Å²) in [5, 5.41) is 3.00. The molecule has 1 amide bonds. The number of carbonyl (C=O) groups excluding carboxylic acids is 1. The minimum absolute atomic E-state index is 0.0678. The van der Waals surface area contributed by atoms with Gasteiger partial charge in [-0.1, -0.05) is 54.6 Å². The molecular weight excluding hydrogens is 356 g/mol. The second kappa shape index (κ2) is 10.5. The highest BCUT2D eigenvalue weighted by atomic mass is 32.2. The van der Waals surface area contributed by atoms with E-state index in [0.717, 1.165) is 44.2 Å². The highest BCUT2D eigenvalue weighted by Gasteiger charge is 2.14. The summed E-state index contributed by atoms with van der Waals surface area (Å²) in [6.07, 6.45) is 0. The summed E-state index contributed by atoms with van der Waals surface area (Å²) >= 11 is 1.67. The largest absolute Gasteiger partial charge is 0.379 e. The van der Waals surface area contributed by atoms with Crippen molar-refractivity contribution in [3.05, 3.63) is 71.3 Å². The van der Waals surface area contributed by atoms with Crippen molar-refractivity contribution < 1.29 is 9.53 Å². The van der Waals surface area contributed by atoms with E-state index < -0.39 is 0 Å². The van der Waals surface area contributed by atoms with Gasteiger partial charge in [-0.05, 0) is 23.6 Å². The number of hydrogen-bond donors (Lipinski definition) is 1. The van der Waals surface area contributed by atoms with E-state index in [1.54, 1.807) is 11.8 Å². The van der Waals surface area contributed by atoms with Crippen molar-refractivity contribution in [1.29, 1.82) is 0 Å². The highest BCUT2D eigenvalue weighted by Crippen LogP contribution is 2.18. The maximum atomic E-state index is 12.4. The molecule has 5 heteroatoms. The van der Waals surface area contributed by atoms with E-state index in [1.807, 2.05) is 25.1 Å². The number of nitrogens with one attached hydrogen (secondary N) is 1. The maximum Gasteiger partial charge on any atom is 0.233 e. The molecule has 0 aliphatic carbocycles. The van der Waals surface area contributed by atoms with Gasteiger partial charge in [0.2, 0.25) is 5.91 Å². The molecule has 0 spiro atoms. The number of morpholine rings is 1. The molecule has 144 valence electrons. The quantitative estimate of drug-likeness (QED) is 0.757. The molecule has 2 aromatic carbocycles. The lowest BCUT2D eigenvalue weighted by Crippen LogP contribution is -2.35. The Morgan fingerprint density at radius 2 is 1.78 bits per heavy atom. The van der Waals surface area contributed by atoms with Crippen LogP contribution in [0.5, 0.6) is 0 Å². The van der Waals surface area contributed by atoms with Crippen LogP contribution in [0.4, 0.5) is 0 Å². The van der Waals surface area contributed by atoms with Crippen molar-refractivity contribution in [3.63, 3.8) is 0 Å². The number of benzene rings is 2. The number of carbonyl (C=O) groups is 1. The minimum Gasteiger partial charge on any atom is -0.379 e. The molecule has 1 N–H and O–H groups in total. The van der Waals surface area contributed by atoms with Crippen LogP contribution in [0.2, 0.25) is 0 Å². The van der Waals surface area contributed by atoms with Crippen LogP contribution in [0.3, 0.4) is 0 Å². The lowest BCUT2D eigenvalue weighted by atomic mass is 10.1. The Hall–Kier alpha value is -1.82. The van der Waals surface area contributed by atoms with Gasteiger partial charge in [0, 0.05) is 31.9 Å². The average Bonchev–Trinajstić information content (AvgIpc) is 2.72. The van der Waals surface area contributed by atoms with Crippen molar-refractivity contribution in [2.75, 3.05) is 26.3 Å². The number of amides is 1. The van der Waals surface area contributed by atoms with E-state index in [1.165, 1.54) is 11.1 Å². The third kappa shape index (κ3) is 6.69. The molecule has 0 unspecified atom stereocenters. The van der Waals surface area contributed by atoms with Crippen LogP contribution >= 0.6 is 11.8 Å². The predicted molar refractivity (Wildman–Crippen MR) is 112 cm³/mol. The molecule has 1 fully saturated rings. The summed E-state index contributed by atoms with van der Waals surface area (Å²) in [4.78, 5) is 14.8. The van der Waals surface area contributed by atoms with Gasteiger partial charge in [-0.15, -0.1) is 11.8 Å². The second-order valence-electron chi connectivity index (χ2n) is 6.87. The van der Waals surface area contributed by atoms with Gasteiger partial charge in [0.15, 0.2) is 0 Å². The average molecular weight is 385 g/mol. The Kier molecular flexibility index (Phi) is 7.75. The molecule has 0 saturated carbocycles. The summed E-state index contributed by atoms with van der Waals surface area (Å²) in [6.45, 7) is 7.08. The molecule has 1 aliphatic rings. The molecule has 27 heavy (non-hydrogen) atoms. The highest BCUT2D eigenvalue weighted by molar-refractivity contribution is 7.99. The third-order valence-electron chi connectivity index (χ3n) is 4.68. The maximum absolute atomic E-state index is 12.4. The van der Waals surface area contributed by atoms with E-state index in [4.69, 9.17) is 4.74 Å². The van der Waals surface area contributed by atoms with Crippen molar-refractivity contribution in [2.24, 2.45) is 0 Å². The van der Waals surface area contributed by atoms with Gasteiger partial charge in [0.25, 0.3) is 0 Å². The van der Waals surface area contributed by atoms with E-state index in [0.29, 0.717) is 6.54 Å². The number of ether oxygens (including phenoxy) is 1. The van der Waals surface area contributed by atoms with Crippen LogP contribution in [0, 0.1) is 0 Å². The summed E-state index contributed by atoms with van der Waals surface area (Å²) in [7, 11) is 0. The predicted octanol–water partition coefficient (Wildman–Crippen LogP) is 3.46. The van der Waals surface area contributed by atoms with Gasteiger partial charge >= 0.3 is 0 Å². The van der Waals surface area contributed by atoms with E-state index >= 15 is 0 Å². The summed E-state index contributed by atoms with van der Waals surface area (Å²) in [5.41, 5.74) is 3.68. The van der Waals surface area contributed by atoms with Crippen LogP contribution in [-0.2, 0) is 28.4 Å². The Morgan fingerprint density at radius 3 is 2.56 bits per heavy atom. The number of rotatable bonds is 8. The lowest BCUT2D eigenvalue weighted by molar-refractivity contribution is -0.120. The van der Waals surface area contributed by atoms with Crippen LogP contribution in [0.1, 0.15) is 23.6 Å². The molecule has 2 aromatic rings. The van der Waals surface area contributed by atoms with Gasteiger partial charge in [-0.3, -0.25) is 9.69 Å². The Balaban J connectivity index is 1.44. The van der Waals surface area contributed by atoms with E-state index in [9.17, 15) is 4.79 Å². The molecule has 0 radical (unpaired) electrons. The first-order valence-electron chi connectivity index (χ1n) is 9.52. The Morgan fingerprint density at radius 1 is 1.07 bits per heavy atom. The zero-order valence-corrected chi connectivity index (χ0v) is 16.7. The number of thioether (sulfide) groups is 1. The number of hydrogen-bond acceptors (Lipinski definition) is 4. The summed E-state index contributed by atoms with van der Waals surface area (Å²) in [6, 6.07) is 18.8. The van der Waals surface area contributed by atoms with Gasteiger partial charge in [-0.2, -0.15) is 0 Å². The second-order valence-corrected chi connectivity index (χ2v) is 8.19. The molecule has 3 rings (SSSR count). The monoisotopic (exact) mass is 384 g/mol. The van der Waals surface area contributed by atoms with Crippen LogP contribution in [-0.4, -0.2) is 42.4 Å². The summed E-state index contributed by atoms with van der Waals surface area (Å²) in [5.74, 6) is 0.944. The lowest BCUT2D eigenvalue weighted by Gasteiger charge is -2.26. The fourth-order valence-corrected chi connectivity index (χ4v) is 3.93. The van der Waals surface area contributed by atoms with Crippen LogP contribution < -0.4 is 5.32 Å². The minimum atomic E-state index is -0.0678. The standard InChI is InChI=1S/C22H28N2O2S/c1-18(27-17-19-6-3-2-4-7-19)22(25)23-15-20-8-5-9-21(14-20)16-24-10-12-26-13-11-24/h2-9,14,18H,10-13,15-17H2,1H3,(H,23,25)/t18-/m1/s1. The Bertz CT molecular complexity index is 717. The van der Waals surface area contributed by atoms with Crippen molar-refractivity contribution in [1.82, 2.24) is 10.2 Å². The normalized spacial score (nSPS) is 16.0. The molecule has 1 aliphatic heterocycles. The van der Waals surface area contributed by atoms with Crippen molar-refractivity contribution in [2.45, 2.75) is 31.0 Å². The van der Waals surface area contributed by atoms with E-state index in [2.05, 4.69) is 46.6 Å². The molecule has 4 nitrogen and oxygen atoms in total. The fraction of sp³-hybridized carbons (Fsp3) is 0.409. The molecule has 0 bridgehead atoms. The van der Waals surface area contributed by atoms with Crippen molar-refractivity contribution >= 4 is 17.7 Å². The first-order chi connectivity index (χ1) is 13.2. The SMILES string of the molecule is C[C@@H](SCc1ccccc1)C(=O)NCc1cccc(CN2CCOCC2)c1. The Labute approximate surface area is 166 Å². The molecule has 1 saturated heterocycles. The number of nitrogens with zero attached hydrogens (tertiary/aromatic N) is 1.